The molecule has 5 heteroatoms. The number of rotatable bonds is 4. The minimum Gasteiger partial charge on any atom is -0.507 e. The van der Waals surface area contributed by atoms with Crippen LogP contribution in [-0.4, -0.2) is 21.1 Å². The largest absolute Gasteiger partial charge is 0.507 e. The molecule has 3 rings (SSSR count). The third-order valence-electron chi connectivity index (χ3n) is 3.50. The zero-order valence-corrected chi connectivity index (χ0v) is 13.1. The van der Waals surface area contributed by atoms with E-state index in [1.807, 2.05) is 56.4 Å². The van der Waals surface area contributed by atoms with Crippen LogP contribution in [0.2, 0.25) is 0 Å². The van der Waals surface area contributed by atoms with Crippen LogP contribution in [0.1, 0.15) is 11.3 Å². The van der Waals surface area contributed by atoms with E-state index in [4.69, 9.17) is 0 Å². The third-order valence-corrected chi connectivity index (χ3v) is 3.50. The second kappa shape index (κ2) is 6.36. The van der Waals surface area contributed by atoms with Gasteiger partial charge in [-0.15, -0.1) is 0 Å². The number of phenols is 1. The minimum atomic E-state index is 0.204. The lowest BCUT2D eigenvalue weighted by atomic mass is 10.2. The highest BCUT2D eigenvalue weighted by atomic mass is 16.3. The number of para-hydroxylation sites is 2. The van der Waals surface area contributed by atoms with Crippen molar-refractivity contribution in [2.45, 2.75) is 6.92 Å². The SMILES string of the molecule is Cc1nn(C)c(Nc2ccccc2)c1N=Cc1ccccc1O. The number of aryl methyl sites for hydroxylation is 2. The Morgan fingerprint density at radius 2 is 1.78 bits per heavy atom. The predicted octanol–water partition coefficient (Wildman–Crippen LogP) is 3.93. The molecule has 2 N–H and O–H groups in total. The van der Waals surface area contributed by atoms with Gasteiger partial charge in [0.15, 0.2) is 5.82 Å². The standard InChI is InChI=1S/C18H18N4O/c1-13-17(19-12-14-8-6-7-11-16(14)23)18(22(2)21-13)20-15-9-4-3-5-10-15/h3-12,20,23H,1-2H3. The van der Waals surface area contributed by atoms with Gasteiger partial charge in [0.25, 0.3) is 0 Å². The molecular formula is C18H18N4O. The predicted molar refractivity (Wildman–Crippen MR) is 93.0 cm³/mol. The Morgan fingerprint density at radius 3 is 2.52 bits per heavy atom. The molecule has 0 spiro atoms. The minimum absolute atomic E-state index is 0.204. The molecule has 1 heterocycles. The van der Waals surface area contributed by atoms with Gasteiger partial charge in [-0.2, -0.15) is 5.10 Å². The molecule has 0 saturated heterocycles. The van der Waals surface area contributed by atoms with Crippen LogP contribution in [0.4, 0.5) is 17.2 Å². The van der Waals surface area contributed by atoms with Crippen LogP contribution in [0, 0.1) is 6.92 Å². The van der Waals surface area contributed by atoms with Crippen molar-refractivity contribution < 1.29 is 5.11 Å². The Labute approximate surface area is 134 Å². The summed E-state index contributed by atoms with van der Waals surface area (Å²) in [5.74, 6) is 1.01. The zero-order valence-electron chi connectivity index (χ0n) is 13.1. The van der Waals surface area contributed by atoms with Crippen LogP contribution in [-0.2, 0) is 7.05 Å². The molecule has 3 aromatic rings. The fourth-order valence-electron chi connectivity index (χ4n) is 2.33. The van der Waals surface area contributed by atoms with Gasteiger partial charge in [-0.25, -0.2) is 0 Å². The van der Waals surface area contributed by atoms with Crippen molar-refractivity contribution in [3.63, 3.8) is 0 Å². The lowest BCUT2D eigenvalue weighted by molar-refractivity contribution is 0.474. The van der Waals surface area contributed by atoms with Crippen molar-refractivity contribution in [2.24, 2.45) is 12.0 Å². The Morgan fingerprint density at radius 1 is 1.09 bits per heavy atom. The van der Waals surface area contributed by atoms with Gasteiger partial charge in [0.2, 0.25) is 0 Å². The van der Waals surface area contributed by atoms with Gasteiger partial charge in [-0.3, -0.25) is 9.67 Å². The van der Waals surface area contributed by atoms with Gasteiger partial charge >= 0.3 is 0 Å². The summed E-state index contributed by atoms with van der Waals surface area (Å²) in [7, 11) is 1.87. The molecule has 0 bridgehead atoms. The van der Waals surface area contributed by atoms with Gasteiger partial charge in [0, 0.05) is 24.5 Å². The molecule has 0 aliphatic heterocycles. The van der Waals surface area contributed by atoms with E-state index in [9.17, 15) is 5.11 Å². The van der Waals surface area contributed by atoms with Crippen molar-refractivity contribution in [1.82, 2.24) is 9.78 Å². The monoisotopic (exact) mass is 306 g/mol. The van der Waals surface area contributed by atoms with Gasteiger partial charge in [-0.1, -0.05) is 30.3 Å². The number of hydrogen-bond acceptors (Lipinski definition) is 4. The average Bonchev–Trinajstić information content (AvgIpc) is 2.81. The van der Waals surface area contributed by atoms with E-state index >= 15 is 0 Å². The number of aromatic nitrogens is 2. The topological polar surface area (TPSA) is 62.4 Å². The number of aliphatic imine (C=N–C) groups is 1. The van der Waals surface area contributed by atoms with E-state index in [2.05, 4.69) is 15.4 Å². The Hall–Kier alpha value is -3.08. The van der Waals surface area contributed by atoms with Gasteiger partial charge in [0.1, 0.15) is 11.4 Å². The molecule has 116 valence electrons. The molecule has 5 nitrogen and oxygen atoms in total. The van der Waals surface area contributed by atoms with E-state index in [0.717, 1.165) is 22.9 Å². The summed E-state index contributed by atoms with van der Waals surface area (Å²) in [5, 5.41) is 17.6. The lowest BCUT2D eigenvalue weighted by Gasteiger charge is -2.07. The van der Waals surface area contributed by atoms with Crippen LogP contribution in [0.5, 0.6) is 5.75 Å². The highest BCUT2D eigenvalue weighted by Crippen LogP contribution is 2.31. The quantitative estimate of drug-likeness (QED) is 0.718. The zero-order chi connectivity index (χ0) is 16.2. The van der Waals surface area contributed by atoms with Crippen LogP contribution in [0.3, 0.4) is 0 Å². The smallest absolute Gasteiger partial charge is 0.154 e. The second-order valence-corrected chi connectivity index (χ2v) is 5.21. The van der Waals surface area contributed by atoms with E-state index in [1.165, 1.54) is 0 Å². The number of anilines is 2. The summed E-state index contributed by atoms with van der Waals surface area (Å²) in [4.78, 5) is 4.52. The molecule has 1 aromatic heterocycles. The van der Waals surface area contributed by atoms with Crippen LogP contribution >= 0.6 is 0 Å². The van der Waals surface area contributed by atoms with E-state index in [1.54, 1.807) is 23.0 Å². The highest BCUT2D eigenvalue weighted by molar-refractivity contribution is 5.87. The number of aromatic hydroxyl groups is 1. The number of phenolic OH excluding ortho intramolecular Hbond substituents is 1. The summed E-state index contributed by atoms with van der Waals surface area (Å²) in [6.45, 7) is 1.91. The highest BCUT2D eigenvalue weighted by Gasteiger charge is 2.12. The summed E-state index contributed by atoms with van der Waals surface area (Å²) in [5.41, 5.74) is 3.20. The maximum Gasteiger partial charge on any atom is 0.154 e. The van der Waals surface area contributed by atoms with Crippen molar-refractivity contribution in [3.05, 3.63) is 65.9 Å². The molecule has 0 unspecified atom stereocenters. The molecule has 0 fully saturated rings. The Kier molecular flexibility index (Phi) is 4.10. The molecule has 0 atom stereocenters. The summed E-state index contributed by atoms with van der Waals surface area (Å²) >= 11 is 0. The van der Waals surface area contributed by atoms with Crippen LogP contribution in [0.25, 0.3) is 0 Å². The normalized spacial score (nSPS) is 11.0. The second-order valence-electron chi connectivity index (χ2n) is 5.21. The third kappa shape index (κ3) is 3.23. The molecular weight excluding hydrogens is 288 g/mol. The molecule has 0 amide bonds. The van der Waals surface area contributed by atoms with Gasteiger partial charge in [-0.05, 0) is 31.2 Å². The fourth-order valence-corrected chi connectivity index (χ4v) is 2.33. The van der Waals surface area contributed by atoms with Crippen molar-refractivity contribution in [3.8, 4) is 5.75 Å². The van der Waals surface area contributed by atoms with Crippen LogP contribution < -0.4 is 5.32 Å². The average molecular weight is 306 g/mol. The molecule has 0 saturated carbocycles. The first-order valence-corrected chi connectivity index (χ1v) is 7.33. The number of nitrogens with zero attached hydrogens (tertiary/aromatic N) is 3. The first-order valence-electron chi connectivity index (χ1n) is 7.33. The van der Waals surface area contributed by atoms with Gasteiger partial charge in [0.05, 0.1) is 5.69 Å². The van der Waals surface area contributed by atoms with Crippen molar-refractivity contribution >= 4 is 23.4 Å². The molecule has 0 aliphatic rings. The first-order chi connectivity index (χ1) is 11.1. The molecule has 23 heavy (non-hydrogen) atoms. The van der Waals surface area contributed by atoms with Crippen molar-refractivity contribution in [2.75, 3.05) is 5.32 Å². The van der Waals surface area contributed by atoms with E-state index in [-0.39, 0.29) is 5.75 Å². The Bertz CT molecular complexity index is 837. The van der Waals surface area contributed by atoms with Gasteiger partial charge < -0.3 is 10.4 Å². The first kappa shape index (κ1) is 14.8. The summed E-state index contributed by atoms with van der Waals surface area (Å²) in [6, 6.07) is 17.0. The Balaban J connectivity index is 1.95. The molecule has 2 aromatic carbocycles. The number of nitrogens with one attached hydrogen (secondary N) is 1. The van der Waals surface area contributed by atoms with E-state index in [0.29, 0.717) is 5.56 Å². The molecule has 0 radical (unpaired) electrons. The maximum absolute atomic E-state index is 9.84. The van der Waals surface area contributed by atoms with Crippen molar-refractivity contribution in [1.29, 1.82) is 0 Å². The van der Waals surface area contributed by atoms with Crippen LogP contribution in [0.15, 0.2) is 59.6 Å². The maximum atomic E-state index is 9.84. The fraction of sp³-hybridized carbons (Fsp3) is 0.111. The molecule has 0 aliphatic carbocycles. The number of hydrogen-bond donors (Lipinski definition) is 2. The summed E-state index contributed by atoms with van der Waals surface area (Å²) in [6.07, 6.45) is 1.65. The number of benzene rings is 2. The lowest BCUT2D eigenvalue weighted by Crippen LogP contribution is -1.99. The van der Waals surface area contributed by atoms with E-state index < -0.39 is 0 Å². The summed E-state index contributed by atoms with van der Waals surface area (Å²) < 4.78 is 1.76.